The molecule has 26 heavy (non-hydrogen) atoms. The summed E-state index contributed by atoms with van der Waals surface area (Å²) in [5.74, 6) is 1.69. The number of ether oxygens (including phenoxy) is 1. The van der Waals surface area contributed by atoms with E-state index in [-0.39, 0.29) is 29.9 Å². The molecule has 0 bridgehead atoms. The highest BCUT2D eigenvalue weighted by atomic mass is 127. The number of amides is 1. The van der Waals surface area contributed by atoms with Gasteiger partial charge in [-0.1, -0.05) is 13.8 Å². The third-order valence-corrected chi connectivity index (χ3v) is 5.07. The van der Waals surface area contributed by atoms with Crippen molar-refractivity contribution in [1.82, 2.24) is 20.0 Å². The van der Waals surface area contributed by atoms with Gasteiger partial charge < -0.3 is 19.9 Å². The lowest BCUT2D eigenvalue weighted by molar-refractivity contribution is -0.130. The first-order valence-electron chi connectivity index (χ1n) is 9.63. The van der Waals surface area contributed by atoms with Gasteiger partial charge in [0.15, 0.2) is 5.96 Å². The maximum atomic E-state index is 11.5. The zero-order chi connectivity index (χ0) is 18.2. The number of piperazine rings is 1. The summed E-state index contributed by atoms with van der Waals surface area (Å²) in [4.78, 5) is 23.2. The zero-order valence-corrected chi connectivity index (χ0v) is 19.1. The second-order valence-electron chi connectivity index (χ2n) is 7.15. The molecule has 2 fully saturated rings. The molecule has 8 heteroatoms. The first-order valence-corrected chi connectivity index (χ1v) is 9.63. The predicted molar refractivity (Wildman–Crippen MR) is 116 cm³/mol. The van der Waals surface area contributed by atoms with E-state index in [0.29, 0.717) is 12.0 Å². The highest BCUT2D eigenvalue weighted by Gasteiger charge is 2.25. The number of guanidine groups is 1. The average molecular weight is 481 g/mol. The van der Waals surface area contributed by atoms with Crippen molar-refractivity contribution in [2.24, 2.45) is 10.9 Å². The number of carbonyl (C=O) groups excluding carboxylic acids is 1. The average Bonchev–Trinajstić information content (AvgIpc) is 2.61. The van der Waals surface area contributed by atoms with Crippen LogP contribution >= 0.6 is 24.0 Å². The van der Waals surface area contributed by atoms with E-state index < -0.39 is 0 Å². The minimum absolute atomic E-state index is 0. The Hall–Kier alpha value is -0.610. The number of nitrogens with zero attached hydrogens (tertiary/aromatic N) is 4. The van der Waals surface area contributed by atoms with E-state index in [2.05, 4.69) is 35.9 Å². The van der Waals surface area contributed by atoms with Crippen molar-refractivity contribution in [3.63, 3.8) is 0 Å². The molecular weight excluding hydrogens is 445 g/mol. The molecule has 152 valence electrons. The fraction of sp³-hybridized carbons (Fsp3) is 0.889. The molecule has 0 spiro atoms. The van der Waals surface area contributed by atoms with Crippen LogP contribution in [0.5, 0.6) is 0 Å². The Morgan fingerprint density at radius 1 is 1.08 bits per heavy atom. The van der Waals surface area contributed by atoms with Crippen LogP contribution in [-0.2, 0) is 9.53 Å². The first kappa shape index (κ1) is 23.4. The lowest BCUT2D eigenvalue weighted by atomic mass is 10.0. The van der Waals surface area contributed by atoms with Crippen LogP contribution in [0, 0.1) is 5.92 Å². The Kier molecular flexibility index (Phi) is 10.8. The minimum atomic E-state index is 0. The first-order chi connectivity index (χ1) is 12.0. The van der Waals surface area contributed by atoms with Gasteiger partial charge in [-0.3, -0.25) is 14.7 Å². The maximum absolute atomic E-state index is 11.5. The van der Waals surface area contributed by atoms with Crippen LogP contribution in [-0.4, -0.2) is 98.2 Å². The van der Waals surface area contributed by atoms with Crippen LogP contribution < -0.4 is 5.32 Å². The fourth-order valence-electron chi connectivity index (χ4n) is 3.50. The molecule has 2 aliphatic rings. The molecule has 2 rings (SSSR count). The van der Waals surface area contributed by atoms with Gasteiger partial charge in [0.05, 0.1) is 19.8 Å². The van der Waals surface area contributed by atoms with Crippen molar-refractivity contribution < 1.29 is 9.53 Å². The summed E-state index contributed by atoms with van der Waals surface area (Å²) in [6.07, 6.45) is 0. The van der Waals surface area contributed by atoms with E-state index in [9.17, 15) is 4.79 Å². The van der Waals surface area contributed by atoms with Gasteiger partial charge in [0.1, 0.15) is 0 Å². The van der Waals surface area contributed by atoms with Crippen LogP contribution in [0.2, 0.25) is 0 Å². The van der Waals surface area contributed by atoms with Crippen molar-refractivity contribution in [2.45, 2.75) is 33.7 Å². The summed E-state index contributed by atoms with van der Waals surface area (Å²) in [5.41, 5.74) is 0. The van der Waals surface area contributed by atoms with Gasteiger partial charge in [-0.25, -0.2) is 0 Å². The number of rotatable bonds is 5. The lowest BCUT2D eigenvalue weighted by Crippen LogP contribution is -2.54. The number of carbonyl (C=O) groups is 1. The Morgan fingerprint density at radius 2 is 1.65 bits per heavy atom. The second-order valence-corrected chi connectivity index (χ2v) is 7.15. The summed E-state index contributed by atoms with van der Waals surface area (Å²) in [6.45, 7) is 16.8. The van der Waals surface area contributed by atoms with E-state index in [1.54, 1.807) is 6.92 Å². The molecule has 1 unspecified atom stereocenters. The van der Waals surface area contributed by atoms with Crippen LogP contribution in [0.4, 0.5) is 0 Å². The number of halogens is 1. The van der Waals surface area contributed by atoms with Gasteiger partial charge in [0, 0.05) is 58.8 Å². The Morgan fingerprint density at radius 3 is 2.15 bits per heavy atom. The summed E-state index contributed by atoms with van der Waals surface area (Å²) < 4.78 is 5.49. The van der Waals surface area contributed by atoms with Crippen LogP contribution in [0.25, 0.3) is 0 Å². The second kappa shape index (κ2) is 12.0. The third kappa shape index (κ3) is 6.84. The van der Waals surface area contributed by atoms with E-state index >= 15 is 0 Å². The van der Waals surface area contributed by atoms with Crippen molar-refractivity contribution in [1.29, 1.82) is 0 Å². The SMILES string of the molecule is CCNC(=NCC(C(C)C)N1CCOCC1)N1CCN(C(C)=O)CC1.I. The molecule has 0 aliphatic carbocycles. The van der Waals surface area contributed by atoms with Gasteiger partial charge in [0.2, 0.25) is 5.91 Å². The summed E-state index contributed by atoms with van der Waals surface area (Å²) in [7, 11) is 0. The smallest absolute Gasteiger partial charge is 0.219 e. The van der Waals surface area contributed by atoms with Crippen molar-refractivity contribution in [3.05, 3.63) is 0 Å². The molecule has 7 nitrogen and oxygen atoms in total. The number of hydrogen-bond donors (Lipinski definition) is 1. The van der Waals surface area contributed by atoms with Crippen molar-refractivity contribution in [3.8, 4) is 0 Å². The van der Waals surface area contributed by atoms with Crippen LogP contribution in [0.3, 0.4) is 0 Å². The standard InChI is InChI=1S/C18H35N5O2.HI/c1-5-19-18(23-8-6-21(7-9-23)16(4)24)20-14-17(15(2)3)22-10-12-25-13-11-22;/h15,17H,5-14H2,1-4H3,(H,19,20);1H. The Balaban J connectivity index is 0.00000338. The molecule has 0 saturated carbocycles. The molecule has 0 aromatic carbocycles. The largest absolute Gasteiger partial charge is 0.379 e. The highest BCUT2D eigenvalue weighted by molar-refractivity contribution is 14.0. The van der Waals surface area contributed by atoms with E-state index in [4.69, 9.17) is 9.73 Å². The Bertz CT molecular complexity index is 447. The van der Waals surface area contributed by atoms with Crippen molar-refractivity contribution in [2.75, 3.05) is 65.6 Å². The number of aliphatic imine (C=N–C) groups is 1. The molecule has 1 amide bonds. The van der Waals surface area contributed by atoms with Gasteiger partial charge in [-0.2, -0.15) is 0 Å². The molecule has 0 aromatic heterocycles. The number of morpholine rings is 1. The molecule has 2 aliphatic heterocycles. The van der Waals surface area contributed by atoms with E-state index in [1.165, 1.54) is 0 Å². The van der Waals surface area contributed by atoms with Crippen LogP contribution in [0.15, 0.2) is 4.99 Å². The monoisotopic (exact) mass is 481 g/mol. The van der Waals surface area contributed by atoms with Gasteiger partial charge in [-0.15, -0.1) is 24.0 Å². The highest BCUT2D eigenvalue weighted by Crippen LogP contribution is 2.14. The molecule has 1 atom stereocenters. The van der Waals surface area contributed by atoms with Gasteiger partial charge in [-0.05, 0) is 12.8 Å². The topological polar surface area (TPSA) is 60.4 Å². The van der Waals surface area contributed by atoms with Gasteiger partial charge >= 0.3 is 0 Å². The number of nitrogens with one attached hydrogen (secondary N) is 1. The summed E-state index contributed by atoms with van der Waals surface area (Å²) in [6, 6.07) is 0.441. The summed E-state index contributed by atoms with van der Waals surface area (Å²) in [5, 5.41) is 3.42. The molecule has 2 heterocycles. The zero-order valence-electron chi connectivity index (χ0n) is 16.7. The van der Waals surface area contributed by atoms with E-state index in [1.807, 2.05) is 4.90 Å². The predicted octanol–water partition coefficient (Wildman–Crippen LogP) is 1.09. The fourth-order valence-corrected chi connectivity index (χ4v) is 3.50. The third-order valence-electron chi connectivity index (χ3n) is 5.07. The normalized spacial score (nSPS) is 20.7. The summed E-state index contributed by atoms with van der Waals surface area (Å²) >= 11 is 0. The quantitative estimate of drug-likeness (QED) is 0.362. The molecule has 1 N–H and O–H groups in total. The molecule has 0 radical (unpaired) electrons. The molecule has 0 aromatic rings. The number of hydrogen-bond acceptors (Lipinski definition) is 4. The van der Waals surface area contributed by atoms with Crippen LogP contribution in [0.1, 0.15) is 27.7 Å². The lowest BCUT2D eigenvalue weighted by Gasteiger charge is -2.38. The van der Waals surface area contributed by atoms with E-state index in [0.717, 1.165) is 71.5 Å². The van der Waals surface area contributed by atoms with Gasteiger partial charge in [0.25, 0.3) is 0 Å². The van der Waals surface area contributed by atoms with Crippen molar-refractivity contribution >= 4 is 35.8 Å². The maximum Gasteiger partial charge on any atom is 0.219 e. The Labute approximate surface area is 175 Å². The molecule has 2 saturated heterocycles. The minimum Gasteiger partial charge on any atom is -0.379 e. The molecular formula is C18H36IN5O2.